The minimum Gasteiger partial charge on any atom is -0.493 e. The standard InChI is InChI=1S/C13H13N3O2S2/c1-17-11-3-4-14-10(12(11)18-2)7-20-13-15-8-5-19-6-9(8)16-13/h3-6H,7H2,1-2H3,(H,15,16). The predicted octanol–water partition coefficient (Wildman–Crippen LogP) is 3.33. The molecule has 0 bridgehead atoms. The van der Waals surface area contributed by atoms with Crippen molar-refractivity contribution in [3.8, 4) is 11.5 Å². The number of thiophene rings is 1. The van der Waals surface area contributed by atoms with Gasteiger partial charge in [-0.25, -0.2) is 4.98 Å². The summed E-state index contributed by atoms with van der Waals surface area (Å²) >= 11 is 3.23. The smallest absolute Gasteiger partial charge is 0.183 e. The van der Waals surface area contributed by atoms with Crippen molar-refractivity contribution in [3.63, 3.8) is 0 Å². The molecule has 0 radical (unpaired) electrons. The number of rotatable bonds is 5. The summed E-state index contributed by atoms with van der Waals surface area (Å²) in [7, 11) is 3.24. The largest absolute Gasteiger partial charge is 0.493 e. The molecule has 0 saturated heterocycles. The monoisotopic (exact) mass is 307 g/mol. The Hall–Kier alpha value is -1.73. The van der Waals surface area contributed by atoms with Crippen molar-refractivity contribution >= 4 is 34.1 Å². The van der Waals surface area contributed by atoms with Gasteiger partial charge in [-0.2, -0.15) is 0 Å². The lowest BCUT2D eigenvalue weighted by molar-refractivity contribution is 0.350. The second kappa shape index (κ2) is 5.72. The molecule has 7 heteroatoms. The van der Waals surface area contributed by atoms with E-state index in [0.29, 0.717) is 17.3 Å². The Balaban J connectivity index is 1.79. The van der Waals surface area contributed by atoms with Gasteiger partial charge in [0.25, 0.3) is 0 Å². The SMILES string of the molecule is COc1ccnc(CSc2nc3cscc3[nH]2)c1OC. The first kappa shape index (κ1) is 13.3. The number of imidazole rings is 1. The molecule has 0 aliphatic rings. The van der Waals surface area contributed by atoms with E-state index >= 15 is 0 Å². The second-order valence-electron chi connectivity index (χ2n) is 3.99. The van der Waals surface area contributed by atoms with E-state index in [1.807, 2.05) is 5.38 Å². The highest BCUT2D eigenvalue weighted by molar-refractivity contribution is 7.98. The molecule has 3 aromatic rings. The quantitative estimate of drug-likeness (QED) is 0.733. The number of ether oxygens (including phenoxy) is 2. The number of hydrogen-bond acceptors (Lipinski definition) is 6. The van der Waals surface area contributed by atoms with Crippen molar-refractivity contribution in [2.24, 2.45) is 0 Å². The van der Waals surface area contributed by atoms with Gasteiger partial charge in [0.1, 0.15) is 5.52 Å². The molecule has 1 N–H and O–H groups in total. The number of fused-ring (bicyclic) bond motifs is 1. The first-order chi connectivity index (χ1) is 9.81. The maximum Gasteiger partial charge on any atom is 0.183 e. The maximum absolute atomic E-state index is 5.37. The molecule has 0 fully saturated rings. The second-order valence-corrected chi connectivity index (χ2v) is 5.70. The van der Waals surface area contributed by atoms with Gasteiger partial charge in [0.15, 0.2) is 16.7 Å². The van der Waals surface area contributed by atoms with Crippen LogP contribution < -0.4 is 9.47 Å². The van der Waals surface area contributed by atoms with Gasteiger partial charge >= 0.3 is 0 Å². The summed E-state index contributed by atoms with van der Waals surface area (Å²) in [5.41, 5.74) is 2.92. The highest BCUT2D eigenvalue weighted by Gasteiger charge is 2.12. The Kier molecular flexibility index (Phi) is 3.79. The van der Waals surface area contributed by atoms with Crippen molar-refractivity contribution in [2.45, 2.75) is 10.9 Å². The number of thioether (sulfide) groups is 1. The average Bonchev–Trinajstić information content (AvgIpc) is 3.05. The molecule has 104 valence electrons. The molecular formula is C13H13N3O2S2. The van der Waals surface area contributed by atoms with Crippen LogP contribution in [0.2, 0.25) is 0 Å². The van der Waals surface area contributed by atoms with E-state index in [1.165, 1.54) is 0 Å². The van der Waals surface area contributed by atoms with Crippen molar-refractivity contribution in [3.05, 3.63) is 28.7 Å². The van der Waals surface area contributed by atoms with E-state index in [9.17, 15) is 0 Å². The van der Waals surface area contributed by atoms with E-state index in [-0.39, 0.29) is 0 Å². The molecule has 3 heterocycles. The van der Waals surface area contributed by atoms with Gasteiger partial charge in [-0.1, -0.05) is 11.8 Å². The van der Waals surface area contributed by atoms with Crippen LogP contribution in [0.25, 0.3) is 11.0 Å². The van der Waals surface area contributed by atoms with Gasteiger partial charge in [0, 0.05) is 28.8 Å². The molecule has 20 heavy (non-hydrogen) atoms. The van der Waals surface area contributed by atoms with Crippen LogP contribution in [-0.2, 0) is 5.75 Å². The topological polar surface area (TPSA) is 60.0 Å². The van der Waals surface area contributed by atoms with Crippen LogP contribution in [0, 0.1) is 0 Å². The number of H-pyrrole nitrogens is 1. The van der Waals surface area contributed by atoms with Gasteiger partial charge in [0.05, 0.1) is 25.4 Å². The van der Waals surface area contributed by atoms with Crippen LogP contribution in [0.1, 0.15) is 5.69 Å². The maximum atomic E-state index is 5.37. The van der Waals surface area contributed by atoms with Crippen LogP contribution in [0.4, 0.5) is 0 Å². The zero-order chi connectivity index (χ0) is 13.9. The van der Waals surface area contributed by atoms with E-state index in [1.54, 1.807) is 49.6 Å². The molecule has 0 unspecified atom stereocenters. The van der Waals surface area contributed by atoms with Crippen LogP contribution >= 0.6 is 23.1 Å². The highest BCUT2D eigenvalue weighted by atomic mass is 32.2. The summed E-state index contributed by atoms with van der Waals surface area (Å²) in [4.78, 5) is 12.1. The Morgan fingerprint density at radius 3 is 2.95 bits per heavy atom. The number of aromatic amines is 1. The molecular weight excluding hydrogens is 294 g/mol. The minimum atomic E-state index is 0.667. The Labute approximate surface area is 124 Å². The zero-order valence-corrected chi connectivity index (χ0v) is 12.7. The van der Waals surface area contributed by atoms with Gasteiger partial charge in [-0.3, -0.25) is 4.98 Å². The molecule has 3 aromatic heterocycles. The Morgan fingerprint density at radius 1 is 1.30 bits per heavy atom. The number of pyridine rings is 1. The average molecular weight is 307 g/mol. The number of methoxy groups -OCH3 is 2. The van der Waals surface area contributed by atoms with Crippen molar-refractivity contribution in [1.82, 2.24) is 15.0 Å². The molecule has 0 atom stereocenters. The summed E-state index contributed by atoms with van der Waals surface area (Å²) in [5.74, 6) is 2.04. The van der Waals surface area contributed by atoms with E-state index in [2.05, 4.69) is 20.3 Å². The molecule has 3 rings (SSSR count). The molecule has 0 aromatic carbocycles. The fraction of sp³-hybridized carbons (Fsp3) is 0.231. The fourth-order valence-corrected chi connectivity index (χ4v) is 3.40. The first-order valence-corrected chi connectivity index (χ1v) is 7.85. The highest BCUT2D eigenvalue weighted by Crippen LogP contribution is 2.33. The Morgan fingerprint density at radius 2 is 2.20 bits per heavy atom. The lowest BCUT2D eigenvalue weighted by Crippen LogP contribution is -1.97. The summed E-state index contributed by atoms with van der Waals surface area (Å²) in [6.07, 6.45) is 1.72. The third-order valence-corrected chi connectivity index (χ3v) is 4.43. The van der Waals surface area contributed by atoms with Crippen LogP contribution in [0.3, 0.4) is 0 Å². The first-order valence-electron chi connectivity index (χ1n) is 5.92. The van der Waals surface area contributed by atoms with Gasteiger partial charge in [-0.05, 0) is 0 Å². The van der Waals surface area contributed by atoms with E-state index in [4.69, 9.17) is 9.47 Å². The molecule has 0 spiro atoms. The lowest BCUT2D eigenvalue weighted by Gasteiger charge is -2.10. The molecule has 5 nitrogen and oxygen atoms in total. The summed E-state index contributed by atoms with van der Waals surface area (Å²) < 4.78 is 10.6. The predicted molar refractivity (Wildman–Crippen MR) is 80.9 cm³/mol. The molecule has 0 aliphatic carbocycles. The van der Waals surface area contributed by atoms with Gasteiger partial charge in [-0.15, -0.1) is 11.3 Å². The molecule has 0 aliphatic heterocycles. The van der Waals surface area contributed by atoms with Crippen molar-refractivity contribution < 1.29 is 9.47 Å². The van der Waals surface area contributed by atoms with Crippen molar-refractivity contribution in [2.75, 3.05) is 14.2 Å². The number of nitrogens with one attached hydrogen (secondary N) is 1. The Bertz CT molecular complexity index is 695. The van der Waals surface area contributed by atoms with E-state index in [0.717, 1.165) is 21.9 Å². The number of nitrogens with zero attached hydrogens (tertiary/aromatic N) is 2. The third-order valence-electron chi connectivity index (χ3n) is 2.82. The van der Waals surface area contributed by atoms with Crippen LogP contribution in [-0.4, -0.2) is 29.2 Å². The number of hydrogen-bond donors (Lipinski definition) is 1. The summed E-state index contributed by atoms with van der Waals surface area (Å²) in [5, 5.41) is 4.96. The fourth-order valence-electron chi connectivity index (χ4n) is 1.88. The molecule has 0 saturated carbocycles. The third kappa shape index (κ3) is 2.46. The van der Waals surface area contributed by atoms with Gasteiger partial charge < -0.3 is 14.5 Å². The van der Waals surface area contributed by atoms with Gasteiger partial charge in [0.2, 0.25) is 0 Å². The minimum absolute atomic E-state index is 0.667. The summed E-state index contributed by atoms with van der Waals surface area (Å²) in [6, 6.07) is 1.79. The van der Waals surface area contributed by atoms with Crippen molar-refractivity contribution in [1.29, 1.82) is 0 Å². The molecule has 0 amide bonds. The lowest BCUT2D eigenvalue weighted by atomic mass is 10.3. The van der Waals surface area contributed by atoms with E-state index < -0.39 is 0 Å². The van der Waals surface area contributed by atoms with Crippen LogP contribution in [0.5, 0.6) is 11.5 Å². The normalized spacial score (nSPS) is 10.9. The van der Waals surface area contributed by atoms with Crippen LogP contribution in [0.15, 0.2) is 28.2 Å². The number of aromatic nitrogens is 3. The zero-order valence-electron chi connectivity index (χ0n) is 11.0. The summed E-state index contributed by atoms with van der Waals surface area (Å²) in [6.45, 7) is 0.